The van der Waals surface area contributed by atoms with Crippen molar-refractivity contribution in [1.29, 1.82) is 0 Å². The first kappa shape index (κ1) is 18.2. The monoisotopic (exact) mass is 272 g/mol. The maximum atomic E-state index is 6.54. The summed E-state index contributed by atoms with van der Waals surface area (Å²) in [6, 6.07) is 4.20. The minimum absolute atomic E-state index is 0.682. The Bertz CT molecular complexity index is 158. The highest BCUT2D eigenvalue weighted by molar-refractivity contribution is 6.73. The molecule has 0 spiro atoms. The summed E-state index contributed by atoms with van der Waals surface area (Å²) < 4.78 is 6.54. The lowest BCUT2D eigenvalue weighted by Gasteiger charge is -2.32. The maximum absolute atomic E-state index is 6.54. The van der Waals surface area contributed by atoms with E-state index in [1.165, 1.54) is 56.7 Å². The van der Waals surface area contributed by atoms with Gasteiger partial charge < -0.3 is 4.43 Å². The summed E-state index contributed by atoms with van der Waals surface area (Å²) in [4.78, 5) is 0. The summed E-state index contributed by atoms with van der Waals surface area (Å²) in [5.74, 6) is 0.682. The Morgan fingerprint density at radius 3 is 1.44 bits per heavy atom. The average molecular weight is 273 g/mol. The second-order valence-corrected chi connectivity index (χ2v) is 10.4. The Morgan fingerprint density at radius 2 is 1.17 bits per heavy atom. The summed E-state index contributed by atoms with van der Waals surface area (Å²) >= 11 is 0. The van der Waals surface area contributed by atoms with Crippen LogP contribution in [0, 0.1) is 5.92 Å². The summed E-state index contributed by atoms with van der Waals surface area (Å²) in [7, 11) is -1.42. The van der Waals surface area contributed by atoms with E-state index in [2.05, 4.69) is 34.6 Å². The van der Waals surface area contributed by atoms with Crippen LogP contribution in [0.25, 0.3) is 0 Å². The summed E-state index contributed by atoms with van der Waals surface area (Å²) in [5.41, 5.74) is 0. The Kier molecular flexibility index (Phi) is 11.1. The van der Waals surface area contributed by atoms with Crippen LogP contribution in [0.15, 0.2) is 0 Å². The molecule has 0 aliphatic carbocycles. The zero-order chi connectivity index (χ0) is 13.9. The zero-order valence-electron chi connectivity index (χ0n) is 13.6. The molecule has 0 saturated heterocycles. The van der Waals surface area contributed by atoms with E-state index in [1.54, 1.807) is 0 Å². The third-order valence-electron chi connectivity index (χ3n) is 3.68. The van der Waals surface area contributed by atoms with Gasteiger partial charge >= 0.3 is 0 Å². The van der Waals surface area contributed by atoms with Crippen molar-refractivity contribution in [3.05, 3.63) is 0 Å². The van der Waals surface area contributed by atoms with Crippen LogP contribution in [-0.2, 0) is 4.43 Å². The molecule has 1 nitrogen and oxygen atoms in total. The van der Waals surface area contributed by atoms with Crippen molar-refractivity contribution in [2.45, 2.75) is 91.3 Å². The second-order valence-electron chi connectivity index (χ2n) is 6.20. The molecule has 0 atom stereocenters. The smallest absolute Gasteiger partial charge is 0.192 e. The highest BCUT2D eigenvalue weighted by atomic mass is 28.4. The molecule has 0 unspecified atom stereocenters. The molecule has 18 heavy (non-hydrogen) atoms. The van der Waals surface area contributed by atoms with Crippen LogP contribution in [0.5, 0.6) is 0 Å². The fraction of sp³-hybridized carbons (Fsp3) is 1.00. The van der Waals surface area contributed by atoms with Gasteiger partial charge in [0.15, 0.2) is 8.32 Å². The topological polar surface area (TPSA) is 9.23 Å². The van der Waals surface area contributed by atoms with Crippen molar-refractivity contribution in [2.75, 3.05) is 6.61 Å². The second kappa shape index (κ2) is 11.0. The molecule has 0 rings (SSSR count). The lowest BCUT2D eigenvalue weighted by atomic mass is 10.2. The molecule has 0 amide bonds. The quantitative estimate of drug-likeness (QED) is 0.396. The molecule has 0 bridgehead atoms. The number of hydrogen-bond acceptors (Lipinski definition) is 1. The number of hydrogen-bond donors (Lipinski definition) is 0. The third-order valence-corrected chi connectivity index (χ3v) is 8.25. The molecule has 0 heterocycles. The zero-order valence-corrected chi connectivity index (χ0v) is 14.6. The van der Waals surface area contributed by atoms with Gasteiger partial charge in [0, 0.05) is 6.61 Å². The van der Waals surface area contributed by atoms with Crippen LogP contribution < -0.4 is 0 Å². The predicted molar refractivity (Wildman–Crippen MR) is 85.7 cm³/mol. The van der Waals surface area contributed by atoms with Crippen molar-refractivity contribution in [2.24, 2.45) is 5.92 Å². The van der Waals surface area contributed by atoms with Crippen molar-refractivity contribution < 1.29 is 4.43 Å². The lowest BCUT2D eigenvalue weighted by molar-refractivity contribution is 0.251. The molecule has 0 aliphatic heterocycles. The molecule has 0 radical (unpaired) electrons. The molecule has 0 aromatic heterocycles. The molecular weight excluding hydrogens is 236 g/mol. The molecular formula is C16H36OSi. The fourth-order valence-electron chi connectivity index (χ4n) is 2.43. The van der Waals surface area contributed by atoms with Gasteiger partial charge in [-0.25, -0.2) is 0 Å². The molecule has 0 aromatic carbocycles. The van der Waals surface area contributed by atoms with Crippen molar-refractivity contribution in [1.82, 2.24) is 0 Å². The highest BCUT2D eigenvalue weighted by Crippen LogP contribution is 2.30. The van der Waals surface area contributed by atoms with Crippen LogP contribution in [-0.4, -0.2) is 14.9 Å². The van der Waals surface area contributed by atoms with E-state index in [1.807, 2.05) is 0 Å². The van der Waals surface area contributed by atoms with E-state index in [4.69, 9.17) is 4.43 Å². The van der Waals surface area contributed by atoms with E-state index in [0.29, 0.717) is 5.92 Å². The van der Waals surface area contributed by atoms with Gasteiger partial charge in [0.2, 0.25) is 0 Å². The average Bonchev–Trinajstić information content (AvgIpc) is 2.37. The molecule has 0 aromatic rings. The minimum Gasteiger partial charge on any atom is -0.417 e. The summed E-state index contributed by atoms with van der Waals surface area (Å²) in [6.07, 6.45) is 8.07. The van der Waals surface area contributed by atoms with Gasteiger partial charge in [0.1, 0.15) is 0 Å². The molecule has 2 heteroatoms. The normalized spacial score (nSPS) is 12.3. The predicted octanol–water partition coefficient (Wildman–Crippen LogP) is 6.00. The largest absolute Gasteiger partial charge is 0.417 e. The van der Waals surface area contributed by atoms with Gasteiger partial charge in [0.05, 0.1) is 0 Å². The molecule has 0 N–H and O–H groups in total. The van der Waals surface area contributed by atoms with Crippen LogP contribution in [0.4, 0.5) is 0 Å². The SMILES string of the molecule is CCCC[Si](CCCC)(CCCC)OCC(C)C. The minimum atomic E-state index is -1.42. The van der Waals surface area contributed by atoms with Crippen LogP contribution >= 0.6 is 0 Å². The number of unbranched alkanes of at least 4 members (excludes halogenated alkanes) is 3. The van der Waals surface area contributed by atoms with E-state index < -0.39 is 8.32 Å². The van der Waals surface area contributed by atoms with Crippen LogP contribution in [0.2, 0.25) is 18.1 Å². The van der Waals surface area contributed by atoms with Crippen LogP contribution in [0.3, 0.4) is 0 Å². The first-order chi connectivity index (χ1) is 8.60. The Labute approximate surface area is 117 Å². The summed E-state index contributed by atoms with van der Waals surface area (Å²) in [6.45, 7) is 12.5. The van der Waals surface area contributed by atoms with Crippen LogP contribution in [0.1, 0.15) is 73.1 Å². The molecule has 0 aliphatic rings. The Balaban J connectivity index is 4.51. The Morgan fingerprint density at radius 1 is 0.778 bits per heavy atom. The van der Waals surface area contributed by atoms with E-state index in [9.17, 15) is 0 Å². The van der Waals surface area contributed by atoms with Gasteiger partial charge in [0.25, 0.3) is 0 Å². The van der Waals surface area contributed by atoms with E-state index >= 15 is 0 Å². The van der Waals surface area contributed by atoms with Crippen molar-refractivity contribution >= 4 is 8.32 Å². The third kappa shape index (κ3) is 8.31. The van der Waals surface area contributed by atoms with E-state index in [0.717, 1.165) is 6.61 Å². The summed E-state index contributed by atoms with van der Waals surface area (Å²) in [5, 5.41) is 0. The standard InChI is InChI=1S/C16H36OSi/c1-6-9-12-18(13-10-7-2,14-11-8-3)17-15-16(4)5/h16H,6-15H2,1-5H3. The van der Waals surface area contributed by atoms with Gasteiger partial charge in [-0.15, -0.1) is 0 Å². The number of rotatable bonds is 12. The van der Waals surface area contributed by atoms with E-state index in [-0.39, 0.29) is 0 Å². The first-order valence-corrected chi connectivity index (χ1v) is 10.8. The van der Waals surface area contributed by atoms with Gasteiger partial charge in [-0.1, -0.05) is 73.1 Å². The van der Waals surface area contributed by atoms with Gasteiger partial charge in [-0.2, -0.15) is 0 Å². The lowest BCUT2D eigenvalue weighted by Crippen LogP contribution is -2.39. The van der Waals surface area contributed by atoms with Gasteiger partial charge in [-0.3, -0.25) is 0 Å². The molecule has 0 saturated carbocycles. The first-order valence-electron chi connectivity index (χ1n) is 8.24. The van der Waals surface area contributed by atoms with Crippen molar-refractivity contribution in [3.8, 4) is 0 Å². The Hall–Kier alpha value is 0.177. The van der Waals surface area contributed by atoms with Crippen molar-refractivity contribution in [3.63, 3.8) is 0 Å². The maximum Gasteiger partial charge on any atom is 0.192 e. The van der Waals surface area contributed by atoms with Gasteiger partial charge in [-0.05, 0) is 24.1 Å². The fourth-order valence-corrected chi connectivity index (χ4v) is 7.30. The molecule has 110 valence electrons. The highest BCUT2D eigenvalue weighted by Gasteiger charge is 2.33. The molecule has 0 fully saturated rings.